The van der Waals surface area contributed by atoms with E-state index >= 15 is 0 Å². The molecule has 16 heavy (non-hydrogen) atoms. The van der Waals surface area contributed by atoms with Gasteiger partial charge in [-0.25, -0.2) is 0 Å². The summed E-state index contributed by atoms with van der Waals surface area (Å²) in [4.78, 5) is 2.63. The lowest BCUT2D eigenvalue weighted by Gasteiger charge is -2.45. The van der Waals surface area contributed by atoms with Crippen LogP contribution in [0.15, 0.2) is 12.7 Å². The largest absolute Gasteiger partial charge is 0.309 e. The number of hydrogen-bond donors (Lipinski definition) is 1. The normalized spacial score (nSPS) is 21.2. The molecule has 0 amide bonds. The van der Waals surface area contributed by atoms with Crippen LogP contribution in [0.4, 0.5) is 0 Å². The number of hydrogen-bond acceptors (Lipinski definition) is 2. The van der Waals surface area contributed by atoms with Crippen LogP contribution in [0.25, 0.3) is 0 Å². The molecule has 0 bridgehead atoms. The van der Waals surface area contributed by atoms with Gasteiger partial charge >= 0.3 is 0 Å². The molecule has 2 nitrogen and oxygen atoms in total. The van der Waals surface area contributed by atoms with Crippen LogP contribution in [-0.2, 0) is 0 Å². The maximum Gasteiger partial charge on any atom is 0.0434 e. The Morgan fingerprint density at radius 2 is 1.81 bits per heavy atom. The second-order valence-electron chi connectivity index (χ2n) is 4.75. The predicted molar refractivity (Wildman–Crippen MR) is 71.8 cm³/mol. The molecule has 1 atom stereocenters. The molecule has 1 N–H and O–H groups in total. The third kappa shape index (κ3) is 2.49. The van der Waals surface area contributed by atoms with Crippen LogP contribution in [0.5, 0.6) is 0 Å². The van der Waals surface area contributed by atoms with Crippen molar-refractivity contribution in [1.82, 2.24) is 10.2 Å². The number of nitrogens with zero attached hydrogens (tertiary/aromatic N) is 1. The van der Waals surface area contributed by atoms with E-state index in [0.717, 1.165) is 19.6 Å². The zero-order valence-electron chi connectivity index (χ0n) is 11.3. The van der Waals surface area contributed by atoms with Crippen molar-refractivity contribution in [3.8, 4) is 0 Å². The number of rotatable bonds is 7. The van der Waals surface area contributed by atoms with E-state index in [0.29, 0.717) is 11.6 Å². The molecule has 0 aromatic heterocycles. The van der Waals surface area contributed by atoms with Crippen LogP contribution >= 0.6 is 0 Å². The van der Waals surface area contributed by atoms with Crippen molar-refractivity contribution < 1.29 is 0 Å². The first-order chi connectivity index (χ1) is 7.75. The minimum absolute atomic E-state index is 0.335. The Morgan fingerprint density at radius 1 is 1.25 bits per heavy atom. The van der Waals surface area contributed by atoms with Crippen molar-refractivity contribution in [2.45, 2.75) is 58.0 Å². The molecule has 1 fully saturated rings. The van der Waals surface area contributed by atoms with Gasteiger partial charge in [0.1, 0.15) is 0 Å². The van der Waals surface area contributed by atoms with Crippen molar-refractivity contribution in [2.24, 2.45) is 0 Å². The SMILES string of the molecule is C=CC(NCC)C1(N(CC)CC)CCCC1. The van der Waals surface area contributed by atoms with Gasteiger partial charge in [0.15, 0.2) is 0 Å². The van der Waals surface area contributed by atoms with Gasteiger partial charge < -0.3 is 5.32 Å². The van der Waals surface area contributed by atoms with Gasteiger partial charge in [-0.15, -0.1) is 6.58 Å². The van der Waals surface area contributed by atoms with Gasteiger partial charge in [0, 0.05) is 11.6 Å². The van der Waals surface area contributed by atoms with Crippen molar-refractivity contribution in [3.63, 3.8) is 0 Å². The van der Waals surface area contributed by atoms with E-state index in [2.05, 4.69) is 43.6 Å². The molecule has 94 valence electrons. The fourth-order valence-corrected chi connectivity index (χ4v) is 3.38. The van der Waals surface area contributed by atoms with Crippen LogP contribution in [0, 0.1) is 0 Å². The number of nitrogens with one attached hydrogen (secondary N) is 1. The maximum atomic E-state index is 4.03. The molecule has 0 heterocycles. The van der Waals surface area contributed by atoms with Crippen molar-refractivity contribution in [1.29, 1.82) is 0 Å². The molecule has 1 saturated carbocycles. The Morgan fingerprint density at radius 3 is 2.19 bits per heavy atom. The highest BCUT2D eigenvalue weighted by Crippen LogP contribution is 2.38. The van der Waals surface area contributed by atoms with E-state index in [-0.39, 0.29) is 0 Å². The van der Waals surface area contributed by atoms with E-state index in [1.807, 2.05) is 0 Å². The zero-order valence-corrected chi connectivity index (χ0v) is 11.3. The Bertz CT molecular complexity index is 203. The summed E-state index contributed by atoms with van der Waals surface area (Å²) in [5.41, 5.74) is 0.335. The van der Waals surface area contributed by atoms with Crippen molar-refractivity contribution in [3.05, 3.63) is 12.7 Å². The molecule has 0 aromatic rings. The second-order valence-corrected chi connectivity index (χ2v) is 4.75. The summed E-state index contributed by atoms with van der Waals surface area (Å²) >= 11 is 0. The highest BCUT2D eigenvalue weighted by molar-refractivity contribution is 5.09. The summed E-state index contributed by atoms with van der Waals surface area (Å²) in [5, 5.41) is 3.60. The van der Waals surface area contributed by atoms with E-state index in [4.69, 9.17) is 0 Å². The molecule has 2 heteroatoms. The van der Waals surface area contributed by atoms with E-state index in [1.165, 1.54) is 25.7 Å². The van der Waals surface area contributed by atoms with E-state index in [1.54, 1.807) is 0 Å². The van der Waals surface area contributed by atoms with Crippen LogP contribution < -0.4 is 5.32 Å². The Balaban J connectivity index is 2.88. The minimum atomic E-state index is 0.335. The first-order valence-corrected chi connectivity index (χ1v) is 6.86. The Kier molecular flexibility index (Phi) is 5.50. The van der Waals surface area contributed by atoms with Gasteiger partial charge in [-0.2, -0.15) is 0 Å². The standard InChI is InChI=1S/C14H28N2/c1-5-13(15-6-2)14(11-9-10-12-14)16(7-3)8-4/h5,13,15H,1,6-12H2,2-4H3. The van der Waals surface area contributed by atoms with Gasteiger partial charge in [-0.3, -0.25) is 4.90 Å². The van der Waals surface area contributed by atoms with Gasteiger partial charge in [-0.1, -0.05) is 39.7 Å². The highest BCUT2D eigenvalue weighted by atomic mass is 15.2. The molecular weight excluding hydrogens is 196 g/mol. The molecule has 1 rings (SSSR count). The van der Waals surface area contributed by atoms with Gasteiger partial charge in [0.2, 0.25) is 0 Å². The third-order valence-electron chi connectivity index (χ3n) is 4.10. The molecule has 0 saturated heterocycles. The molecule has 0 spiro atoms. The van der Waals surface area contributed by atoms with Crippen molar-refractivity contribution >= 4 is 0 Å². The maximum absolute atomic E-state index is 4.03. The lowest BCUT2D eigenvalue weighted by Crippen LogP contribution is -2.59. The van der Waals surface area contributed by atoms with Crippen LogP contribution in [-0.4, -0.2) is 36.1 Å². The monoisotopic (exact) mass is 224 g/mol. The summed E-state index contributed by atoms with van der Waals surface area (Å²) in [5.74, 6) is 0. The summed E-state index contributed by atoms with van der Waals surface area (Å²) < 4.78 is 0. The summed E-state index contributed by atoms with van der Waals surface area (Å²) in [7, 11) is 0. The molecule has 1 aliphatic carbocycles. The Hall–Kier alpha value is -0.340. The molecule has 0 aliphatic heterocycles. The second kappa shape index (κ2) is 6.41. The third-order valence-corrected chi connectivity index (χ3v) is 4.10. The number of likely N-dealkylation sites (N-methyl/N-ethyl adjacent to an activating group) is 2. The lowest BCUT2D eigenvalue weighted by molar-refractivity contribution is 0.0798. The smallest absolute Gasteiger partial charge is 0.0434 e. The van der Waals surface area contributed by atoms with Crippen LogP contribution in [0.3, 0.4) is 0 Å². The fraction of sp³-hybridized carbons (Fsp3) is 0.857. The topological polar surface area (TPSA) is 15.3 Å². The average molecular weight is 224 g/mol. The quantitative estimate of drug-likeness (QED) is 0.669. The highest BCUT2D eigenvalue weighted by Gasteiger charge is 2.43. The Labute approximate surface area is 101 Å². The molecular formula is C14H28N2. The lowest BCUT2D eigenvalue weighted by atomic mass is 9.85. The molecule has 1 unspecified atom stereocenters. The van der Waals surface area contributed by atoms with Gasteiger partial charge in [-0.05, 0) is 32.5 Å². The molecule has 0 radical (unpaired) electrons. The van der Waals surface area contributed by atoms with E-state index < -0.39 is 0 Å². The van der Waals surface area contributed by atoms with E-state index in [9.17, 15) is 0 Å². The zero-order chi connectivity index (χ0) is 12.0. The van der Waals surface area contributed by atoms with Crippen LogP contribution in [0.2, 0.25) is 0 Å². The predicted octanol–water partition coefficient (Wildman–Crippen LogP) is 2.81. The first kappa shape index (κ1) is 13.7. The summed E-state index contributed by atoms with van der Waals surface area (Å²) in [6.45, 7) is 14.1. The fourth-order valence-electron chi connectivity index (χ4n) is 3.38. The molecule has 1 aliphatic rings. The summed E-state index contributed by atoms with van der Waals surface area (Å²) in [6.07, 6.45) is 7.49. The minimum Gasteiger partial charge on any atom is -0.309 e. The first-order valence-electron chi connectivity index (χ1n) is 6.86. The van der Waals surface area contributed by atoms with Crippen LogP contribution in [0.1, 0.15) is 46.5 Å². The van der Waals surface area contributed by atoms with Gasteiger partial charge in [0.05, 0.1) is 0 Å². The van der Waals surface area contributed by atoms with Gasteiger partial charge in [0.25, 0.3) is 0 Å². The average Bonchev–Trinajstić information content (AvgIpc) is 2.78. The van der Waals surface area contributed by atoms with Crippen molar-refractivity contribution in [2.75, 3.05) is 19.6 Å². The molecule has 0 aromatic carbocycles. The summed E-state index contributed by atoms with van der Waals surface area (Å²) in [6, 6.07) is 0.444.